The second-order valence-corrected chi connectivity index (χ2v) is 8.64. The van der Waals surface area contributed by atoms with E-state index in [0.717, 1.165) is 0 Å². The van der Waals surface area contributed by atoms with E-state index in [1.165, 1.54) is 48.7 Å². The van der Waals surface area contributed by atoms with Crippen molar-refractivity contribution < 1.29 is 12.8 Å². The highest BCUT2D eigenvalue weighted by Crippen LogP contribution is 2.38. The minimum Gasteiger partial charge on any atom is -0.255 e. The number of hydrogen-bond donors (Lipinski definition) is 0. The number of fused-ring (bicyclic) bond motifs is 1. The Labute approximate surface area is 171 Å². The topological polar surface area (TPSA) is 70.8 Å². The molecule has 0 spiro atoms. The van der Waals surface area contributed by atoms with E-state index < -0.39 is 15.7 Å². The second-order valence-electron chi connectivity index (χ2n) is 6.28. The number of aromatic nitrogens is 1. The van der Waals surface area contributed by atoms with Crippen LogP contribution in [-0.2, 0) is 9.84 Å². The van der Waals surface area contributed by atoms with Gasteiger partial charge in [0.15, 0.2) is 0 Å². The van der Waals surface area contributed by atoms with Crippen LogP contribution < -0.4 is 0 Å². The van der Waals surface area contributed by atoms with Crippen molar-refractivity contribution in [1.82, 2.24) is 4.98 Å². The number of benzene rings is 3. The minimum absolute atomic E-state index is 0.0655. The summed E-state index contributed by atoms with van der Waals surface area (Å²) in [6.07, 6.45) is 1.20. The average molecular weight is 423 g/mol. The molecule has 0 saturated carbocycles. The number of hydrogen-bond acceptors (Lipinski definition) is 4. The molecule has 1 heterocycles. The zero-order chi connectivity index (χ0) is 20.6. The highest BCUT2D eigenvalue weighted by atomic mass is 35.5. The first-order valence-electron chi connectivity index (χ1n) is 8.50. The Morgan fingerprint density at radius 1 is 1.00 bits per heavy atom. The van der Waals surface area contributed by atoms with Gasteiger partial charge in [0.2, 0.25) is 9.84 Å². The largest absolute Gasteiger partial charge is 0.255 e. The van der Waals surface area contributed by atoms with Gasteiger partial charge in [-0.1, -0.05) is 41.9 Å². The molecule has 142 valence electrons. The van der Waals surface area contributed by atoms with Crippen LogP contribution >= 0.6 is 11.6 Å². The Balaban J connectivity index is 2.10. The Morgan fingerprint density at radius 2 is 1.79 bits per heavy atom. The molecule has 0 aliphatic rings. The van der Waals surface area contributed by atoms with Gasteiger partial charge >= 0.3 is 0 Å². The summed E-state index contributed by atoms with van der Waals surface area (Å²) < 4.78 is 41.5. The summed E-state index contributed by atoms with van der Waals surface area (Å²) in [7, 11) is -4.08. The van der Waals surface area contributed by atoms with Crippen LogP contribution in [-0.4, -0.2) is 13.4 Å². The van der Waals surface area contributed by atoms with Gasteiger partial charge in [0.05, 0.1) is 26.9 Å². The first kappa shape index (κ1) is 19.1. The predicted molar refractivity (Wildman–Crippen MR) is 109 cm³/mol. The molecule has 0 bridgehead atoms. The third kappa shape index (κ3) is 3.35. The van der Waals surface area contributed by atoms with Crippen LogP contribution in [0.5, 0.6) is 0 Å². The third-order valence-electron chi connectivity index (χ3n) is 4.50. The molecular formula is C22H12ClFN2O2S. The van der Waals surface area contributed by atoms with Crippen LogP contribution in [0.1, 0.15) is 5.56 Å². The third-order valence-corrected chi connectivity index (χ3v) is 6.50. The fourth-order valence-corrected chi connectivity index (χ4v) is 4.79. The highest BCUT2D eigenvalue weighted by Gasteiger charge is 2.26. The monoisotopic (exact) mass is 422 g/mol. The van der Waals surface area contributed by atoms with E-state index in [1.54, 1.807) is 24.3 Å². The first-order chi connectivity index (χ1) is 13.9. The number of nitriles is 1. The summed E-state index contributed by atoms with van der Waals surface area (Å²) in [5.41, 5.74) is 0.990. The van der Waals surface area contributed by atoms with E-state index in [4.69, 9.17) is 16.9 Å². The van der Waals surface area contributed by atoms with Crippen LogP contribution in [0.4, 0.5) is 4.39 Å². The number of pyridine rings is 1. The Bertz CT molecular complexity index is 1410. The molecule has 0 radical (unpaired) electrons. The van der Waals surface area contributed by atoms with E-state index >= 15 is 0 Å². The maximum atomic E-state index is 14.7. The van der Waals surface area contributed by atoms with Gasteiger partial charge in [-0.15, -0.1) is 0 Å². The van der Waals surface area contributed by atoms with Gasteiger partial charge in [-0.3, -0.25) is 4.98 Å². The molecule has 0 atom stereocenters. The van der Waals surface area contributed by atoms with Gasteiger partial charge in [-0.2, -0.15) is 5.26 Å². The molecule has 4 nitrogen and oxygen atoms in total. The van der Waals surface area contributed by atoms with Crippen LogP contribution in [0.2, 0.25) is 5.02 Å². The van der Waals surface area contributed by atoms with Crippen molar-refractivity contribution in [1.29, 1.82) is 5.26 Å². The normalized spacial score (nSPS) is 11.3. The number of nitrogens with zero attached hydrogens (tertiary/aromatic N) is 2. The van der Waals surface area contributed by atoms with Crippen LogP contribution in [0.25, 0.3) is 22.0 Å². The van der Waals surface area contributed by atoms with Crippen LogP contribution in [0.3, 0.4) is 0 Å². The van der Waals surface area contributed by atoms with Gasteiger partial charge < -0.3 is 0 Å². The van der Waals surface area contributed by atoms with Crippen molar-refractivity contribution in [3.05, 3.63) is 89.3 Å². The average Bonchev–Trinajstić information content (AvgIpc) is 2.73. The zero-order valence-electron chi connectivity index (χ0n) is 14.8. The van der Waals surface area contributed by atoms with Crippen molar-refractivity contribution in [2.45, 2.75) is 9.79 Å². The SMILES string of the molecule is N#Cc1cccc(S(=O)(=O)c2cnc3cc(Cl)ccc3c2-c2ccccc2F)c1. The molecule has 0 fully saturated rings. The summed E-state index contributed by atoms with van der Waals surface area (Å²) in [6, 6.07) is 18.4. The molecule has 4 aromatic rings. The fourth-order valence-electron chi connectivity index (χ4n) is 3.15. The lowest BCUT2D eigenvalue weighted by Gasteiger charge is -2.14. The Morgan fingerprint density at radius 3 is 2.55 bits per heavy atom. The molecule has 3 aromatic carbocycles. The summed E-state index contributed by atoms with van der Waals surface area (Å²) >= 11 is 6.04. The summed E-state index contributed by atoms with van der Waals surface area (Å²) in [4.78, 5) is 4.03. The second kappa shape index (κ2) is 7.28. The molecule has 1 aromatic heterocycles. The Kier molecular flexibility index (Phi) is 4.79. The van der Waals surface area contributed by atoms with E-state index in [9.17, 15) is 12.8 Å². The van der Waals surface area contributed by atoms with Gasteiger partial charge in [0, 0.05) is 27.7 Å². The molecule has 4 rings (SSSR count). The maximum absolute atomic E-state index is 14.7. The lowest BCUT2D eigenvalue weighted by atomic mass is 10.0. The minimum atomic E-state index is -4.08. The molecule has 0 aliphatic carbocycles. The highest BCUT2D eigenvalue weighted by molar-refractivity contribution is 7.91. The lowest BCUT2D eigenvalue weighted by Crippen LogP contribution is -2.06. The molecule has 0 N–H and O–H groups in total. The lowest BCUT2D eigenvalue weighted by molar-refractivity contribution is 0.596. The summed E-state index contributed by atoms with van der Waals surface area (Å²) in [5, 5.41) is 10.0. The van der Waals surface area contributed by atoms with Crippen molar-refractivity contribution >= 4 is 32.3 Å². The molecule has 0 saturated heterocycles. The molecule has 0 unspecified atom stereocenters. The number of rotatable bonds is 3. The quantitative estimate of drug-likeness (QED) is 0.443. The van der Waals surface area contributed by atoms with E-state index in [2.05, 4.69) is 4.98 Å². The molecule has 0 aliphatic heterocycles. The molecule has 29 heavy (non-hydrogen) atoms. The van der Waals surface area contributed by atoms with Gasteiger partial charge in [-0.05, 0) is 36.4 Å². The van der Waals surface area contributed by atoms with Crippen molar-refractivity contribution in [2.24, 2.45) is 0 Å². The van der Waals surface area contributed by atoms with E-state index in [1.807, 2.05) is 6.07 Å². The van der Waals surface area contributed by atoms with Crippen LogP contribution in [0.15, 0.2) is 82.7 Å². The smallest absolute Gasteiger partial charge is 0.208 e. The van der Waals surface area contributed by atoms with Crippen molar-refractivity contribution in [3.8, 4) is 17.2 Å². The number of halogens is 2. The number of sulfone groups is 1. The first-order valence-corrected chi connectivity index (χ1v) is 10.4. The standard InChI is InChI=1S/C22H12ClFN2O2S/c23-15-8-9-18-20(11-15)26-13-21(22(18)17-6-1-2-7-19(17)24)29(27,28)16-5-3-4-14(10-16)12-25/h1-11,13H. The predicted octanol–water partition coefficient (Wildman–Crippen LogP) is 5.40. The van der Waals surface area contributed by atoms with Crippen LogP contribution in [0, 0.1) is 17.1 Å². The summed E-state index contributed by atoms with van der Waals surface area (Å²) in [5.74, 6) is -0.558. The van der Waals surface area contributed by atoms with Gasteiger partial charge in [0.1, 0.15) is 5.82 Å². The van der Waals surface area contributed by atoms with E-state index in [-0.39, 0.29) is 26.5 Å². The summed E-state index contributed by atoms with van der Waals surface area (Å²) in [6.45, 7) is 0. The van der Waals surface area contributed by atoms with Gasteiger partial charge in [0.25, 0.3) is 0 Å². The molecule has 7 heteroatoms. The zero-order valence-corrected chi connectivity index (χ0v) is 16.4. The van der Waals surface area contributed by atoms with Crippen molar-refractivity contribution in [3.63, 3.8) is 0 Å². The van der Waals surface area contributed by atoms with Gasteiger partial charge in [-0.25, -0.2) is 12.8 Å². The maximum Gasteiger partial charge on any atom is 0.208 e. The Hall–Kier alpha value is -3.27. The fraction of sp³-hybridized carbons (Fsp3) is 0. The molecular weight excluding hydrogens is 411 g/mol. The van der Waals surface area contributed by atoms with Crippen molar-refractivity contribution in [2.75, 3.05) is 0 Å². The molecule has 0 amide bonds. The van der Waals surface area contributed by atoms with E-state index in [0.29, 0.717) is 15.9 Å².